The SMILES string of the molecule is Cc1cc(C(=O)N2CC(CN)CCC2C)on1. The lowest BCUT2D eigenvalue weighted by Gasteiger charge is -2.37. The fraction of sp³-hybridized carbons (Fsp3) is 0.667. The van der Waals surface area contributed by atoms with E-state index >= 15 is 0 Å². The first-order valence-corrected chi connectivity index (χ1v) is 6.06. The monoisotopic (exact) mass is 237 g/mol. The van der Waals surface area contributed by atoms with Crippen LogP contribution in [0.1, 0.15) is 36.0 Å². The number of carbonyl (C=O) groups excluding carboxylic acids is 1. The maximum absolute atomic E-state index is 12.2. The predicted molar refractivity (Wildman–Crippen MR) is 63.5 cm³/mol. The Kier molecular flexibility index (Phi) is 3.47. The summed E-state index contributed by atoms with van der Waals surface area (Å²) in [7, 11) is 0. The van der Waals surface area contributed by atoms with Gasteiger partial charge >= 0.3 is 0 Å². The van der Waals surface area contributed by atoms with Crippen LogP contribution < -0.4 is 5.73 Å². The molecule has 0 bridgehead atoms. The molecule has 17 heavy (non-hydrogen) atoms. The smallest absolute Gasteiger partial charge is 0.292 e. The summed E-state index contributed by atoms with van der Waals surface area (Å²) in [5.74, 6) is 0.655. The van der Waals surface area contributed by atoms with Crippen molar-refractivity contribution in [2.45, 2.75) is 32.7 Å². The Labute approximate surface area is 101 Å². The molecule has 1 aromatic rings. The lowest BCUT2D eigenvalue weighted by atomic mass is 9.93. The van der Waals surface area contributed by atoms with E-state index in [1.54, 1.807) is 6.07 Å². The van der Waals surface area contributed by atoms with Crippen LogP contribution in [0.15, 0.2) is 10.6 Å². The first-order valence-electron chi connectivity index (χ1n) is 6.06. The lowest BCUT2D eigenvalue weighted by molar-refractivity contribution is 0.0525. The molecule has 2 atom stereocenters. The second-order valence-electron chi connectivity index (χ2n) is 4.82. The molecule has 1 fully saturated rings. The summed E-state index contributed by atoms with van der Waals surface area (Å²) >= 11 is 0. The minimum atomic E-state index is -0.0729. The highest BCUT2D eigenvalue weighted by molar-refractivity contribution is 5.91. The predicted octanol–water partition coefficient (Wildman–Crippen LogP) is 1.18. The zero-order valence-electron chi connectivity index (χ0n) is 10.3. The van der Waals surface area contributed by atoms with Crippen molar-refractivity contribution >= 4 is 5.91 Å². The fourth-order valence-electron chi connectivity index (χ4n) is 2.26. The van der Waals surface area contributed by atoms with Crippen molar-refractivity contribution in [3.05, 3.63) is 17.5 Å². The summed E-state index contributed by atoms with van der Waals surface area (Å²) in [4.78, 5) is 14.1. The molecular weight excluding hydrogens is 218 g/mol. The molecule has 1 aromatic heterocycles. The molecule has 0 aliphatic carbocycles. The molecule has 0 aromatic carbocycles. The Morgan fingerprint density at radius 1 is 1.65 bits per heavy atom. The molecule has 94 valence electrons. The zero-order valence-corrected chi connectivity index (χ0v) is 10.3. The average Bonchev–Trinajstić information content (AvgIpc) is 2.76. The molecule has 5 heteroatoms. The van der Waals surface area contributed by atoms with Gasteiger partial charge in [0.2, 0.25) is 5.76 Å². The van der Waals surface area contributed by atoms with Gasteiger partial charge < -0.3 is 15.2 Å². The van der Waals surface area contributed by atoms with Gasteiger partial charge in [-0.05, 0) is 39.2 Å². The van der Waals surface area contributed by atoms with E-state index in [0.717, 1.165) is 25.1 Å². The van der Waals surface area contributed by atoms with Crippen molar-refractivity contribution < 1.29 is 9.32 Å². The largest absolute Gasteiger partial charge is 0.351 e. The highest BCUT2D eigenvalue weighted by Crippen LogP contribution is 2.23. The van der Waals surface area contributed by atoms with Crippen LogP contribution in [0.2, 0.25) is 0 Å². The van der Waals surface area contributed by atoms with E-state index in [9.17, 15) is 4.79 Å². The second kappa shape index (κ2) is 4.87. The van der Waals surface area contributed by atoms with E-state index in [2.05, 4.69) is 12.1 Å². The van der Waals surface area contributed by atoms with Gasteiger partial charge in [-0.25, -0.2) is 0 Å². The van der Waals surface area contributed by atoms with Gasteiger partial charge in [0.05, 0.1) is 5.69 Å². The third-order valence-electron chi connectivity index (χ3n) is 3.41. The minimum Gasteiger partial charge on any atom is -0.351 e. The number of carbonyl (C=O) groups is 1. The van der Waals surface area contributed by atoms with Gasteiger partial charge in [0.15, 0.2) is 0 Å². The number of piperidine rings is 1. The molecule has 2 heterocycles. The Hall–Kier alpha value is -1.36. The maximum atomic E-state index is 12.2. The van der Waals surface area contributed by atoms with Crippen LogP contribution in [0.25, 0.3) is 0 Å². The molecule has 2 rings (SSSR count). The van der Waals surface area contributed by atoms with E-state index in [1.807, 2.05) is 11.8 Å². The van der Waals surface area contributed by atoms with E-state index in [-0.39, 0.29) is 11.9 Å². The molecule has 0 spiro atoms. The third kappa shape index (κ3) is 2.49. The summed E-state index contributed by atoms with van der Waals surface area (Å²) in [6, 6.07) is 1.93. The molecule has 1 saturated heterocycles. The number of hydrogen-bond donors (Lipinski definition) is 1. The summed E-state index contributed by atoms with van der Waals surface area (Å²) in [6.07, 6.45) is 2.09. The van der Waals surface area contributed by atoms with Crippen molar-refractivity contribution in [3.8, 4) is 0 Å². The molecule has 1 amide bonds. The van der Waals surface area contributed by atoms with Crippen molar-refractivity contribution in [1.82, 2.24) is 10.1 Å². The van der Waals surface area contributed by atoms with Crippen LogP contribution in [-0.4, -0.2) is 35.1 Å². The number of hydrogen-bond acceptors (Lipinski definition) is 4. The van der Waals surface area contributed by atoms with Gasteiger partial charge in [0, 0.05) is 18.7 Å². The molecule has 2 N–H and O–H groups in total. The van der Waals surface area contributed by atoms with Crippen LogP contribution >= 0.6 is 0 Å². The van der Waals surface area contributed by atoms with Gasteiger partial charge in [0.25, 0.3) is 5.91 Å². The van der Waals surface area contributed by atoms with Crippen molar-refractivity contribution in [1.29, 1.82) is 0 Å². The fourth-order valence-corrected chi connectivity index (χ4v) is 2.26. The van der Waals surface area contributed by atoms with Gasteiger partial charge in [-0.3, -0.25) is 4.79 Å². The van der Waals surface area contributed by atoms with Crippen molar-refractivity contribution in [2.24, 2.45) is 11.7 Å². The first-order chi connectivity index (χ1) is 8.11. The highest BCUT2D eigenvalue weighted by atomic mass is 16.5. The van der Waals surface area contributed by atoms with Gasteiger partial charge in [-0.1, -0.05) is 5.16 Å². The number of nitrogens with two attached hydrogens (primary N) is 1. The Morgan fingerprint density at radius 2 is 2.41 bits per heavy atom. The molecule has 2 unspecified atom stereocenters. The summed E-state index contributed by atoms with van der Waals surface area (Å²) < 4.78 is 5.02. The normalized spacial score (nSPS) is 25.0. The summed E-state index contributed by atoms with van der Waals surface area (Å²) in [6.45, 7) is 5.22. The molecule has 1 aliphatic rings. The van der Waals surface area contributed by atoms with E-state index in [0.29, 0.717) is 18.2 Å². The topological polar surface area (TPSA) is 72.4 Å². The molecule has 0 saturated carbocycles. The second-order valence-corrected chi connectivity index (χ2v) is 4.82. The van der Waals surface area contributed by atoms with Crippen LogP contribution in [0.4, 0.5) is 0 Å². The average molecular weight is 237 g/mol. The van der Waals surface area contributed by atoms with Crippen molar-refractivity contribution in [3.63, 3.8) is 0 Å². The van der Waals surface area contributed by atoms with E-state index < -0.39 is 0 Å². The Bertz CT molecular complexity index is 402. The molecule has 0 radical (unpaired) electrons. The number of aromatic nitrogens is 1. The number of rotatable bonds is 2. The summed E-state index contributed by atoms with van der Waals surface area (Å²) in [5.41, 5.74) is 6.41. The van der Waals surface area contributed by atoms with Gasteiger partial charge in [0.1, 0.15) is 0 Å². The van der Waals surface area contributed by atoms with E-state index in [4.69, 9.17) is 10.3 Å². The maximum Gasteiger partial charge on any atom is 0.292 e. The quantitative estimate of drug-likeness (QED) is 0.838. The van der Waals surface area contributed by atoms with Crippen LogP contribution in [0, 0.1) is 12.8 Å². The molecule has 1 aliphatic heterocycles. The van der Waals surface area contributed by atoms with Gasteiger partial charge in [-0.2, -0.15) is 0 Å². The number of aryl methyl sites for hydroxylation is 1. The molecule has 5 nitrogen and oxygen atoms in total. The third-order valence-corrected chi connectivity index (χ3v) is 3.41. The van der Waals surface area contributed by atoms with E-state index in [1.165, 1.54) is 0 Å². The zero-order chi connectivity index (χ0) is 12.4. The number of amides is 1. The number of likely N-dealkylation sites (tertiary alicyclic amines) is 1. The Balaban J connectivity index is 2.12. The Morgan fingerprint density at radius 3 is 3.00 bits per heavy atom. The lowest BCUT2D eigenvalue weighted by Crippen LogP contribution is -2.47. The standard InChI is InChI=1S/C12H19N3O2/c1-8-5-11(17-14-8)12(16)15-7-10(6-13)4-3-9(15)2/h5,9-10H,3-4,6-7,13H2,1-2H3. The van der Waals surface area contributed by atoms with Gasteiger partial charge in [-0.15, -0.1) is 0 Å². The first kappa shape index (κ1) is 12.1. The van der Waals surface area contributed by atoms with Crippen molar-refractivity contribution in [2.75, 3.05) is 13.1 Å². The minimum absolute atomic E-state index is 0.0729. The highest BCUT2D eigenvalue weighted by Gasteiger charge is 2.30. The number of nitrogens with zero attached hydrogens (tertiary/aromatic N) is 2. The summed E-state index contributed by atoms with van der Waals surface area (Å²) in [5, 5.41) is 3.75. The molecular formula is C12H19N3O2. The van der Waals surface area contributed by atoms with Crippen LogP contribution in [0.5, 0.6) is 0 Å². The van der Waals surface area contributed by atoms with Crippen LogP contribution in [0.3, 0.4) is 0 Å². The van der Waals surface area contributed by atoms with Crippen LogP contribution in [-0.2, 0) is 0 Å².